The number of halogens is 1. The van der Waals surface area contributed by atoms with Crippen LogP contribution in [0.3, 0.4) is 0 Å². The molecule has 0 aromatic carbocycles. The molecule has 1 fully saturated rings. The quantitative estimate of drug-likeness (QED) is 0.109. The molecule has 0 spiro atoms. The fourth-order valence-corrected chi connectivity index (χ4v) is 6.96. The third-order valence-corrected chi connectivity index (χ3v) is 10.6. The number of unbranched alkanes of at least 4 members (excludes halogenated alkanes) is 1. The van der Waals surface area contributed by atoms with Crippen molar-refractivity contribution in [3.05, 3.63) is 30.6 Å². The van der Waals surface area contributed by atoms with E-state index >= 15 is 0 Å². The summed E-state index contributed by atoms with van der Waals surface area (Å²) in [7, 11) is 7.93. The maximum Gasteiger partial charge on any atom is 0.410 e. The first-order chi connectivity index (χ1) is 22.9. The van der Waals surface area contributed by atoms with Crippen LogP contribution in [0.4, 0.5) is 9.18 Å². The zero-order chi connectivity index (χ0) is 36.7. The number of ketones is 1. The van der Waals surface area contributed by atoms with Gasteiger partial charge in [0.15, 0.2) is 5.78 Å². The summed E-state index contributed by atoms with van der Waals surface area (Å²) >= 11 is 0. The number of hydrogen-bond donors (Lipinski definition) is 2. The average Bonchev–Trinajstić information content (AvgIpc) is 3.66. The molecule has 1 amide bonds. The molecule has 12 nitrogen and oxygen atoms in total. The molecule has 1 aliphatic rings. The number of amides is 1. The van der Waals surface area contributed by atoms with Crippen molar-refractivity contribution in [3.8, 4) is 11.4 Å². The third-order valence-electron chi connectivity index (χ3n) is 10.6. The van der Waals surface area contributed by atoms with Gasteiger partial charge in [-0.1, -0.05) is 39.0 Å². The van der Waals surface area contributed by atoms with Crippen LogP contribution in [0.5, 0.6) is 0 Å². The van der Waals surface area contributed by atoms with Crippen molar-refractivity contribution in [1.29, 1.82) is 0 Å². The van der Waals surface area contributed by atoms with Gasteiger partial charge in [0.25, 0.3) is 5.67 Å². The van der Waals surface area contributed by atoms with Crippen molar-refractivity contribution in [1.82, 2.24) is 30.2 Å². The molecule has 1 saturated heterocycles. The lowest BCUT2D eigenvalue weighted by Gasteiger charge is -2.42. The van der Waals surface area contributed by atoms with Gasteiger partial charge in [0.05, 0.1) is 31.4 Å². The van der Waals surface area contributed by atoms with Crippen LogP contribution in [0.15, 0.2) is 30.6 Å². The Morgan fingerprint density at radius 1 is 1.18 bits per heavy atom. The Hall–Kier alpha value is -3.39. The number of Topliss-reactive ketones (excluding diaryl/α,β-unsaturated/α-hetero) is 1. The molecule has 9 atom stereocenters. The second-order valence-electron chi connectivity index (χ2n) is 14.3. The zero-order valence-electron chi connectivity index (χ0n) is 30.5. The number of pyridine rings is 1. The number of aryl methyl sites for hydroxylation is 1. The van der Waals surface area contributed by atoms with Crippen LogP contribution in [0.25, 0.3) is 11.4 Å². The second-order valence-corrected chi connectivity index (χ2v) is 14.3. The predicted octanol–water partition coefficient (Wildman–Crippen LogP) is 5.13. The van der Waals surface area contributed by atoms with Crippen LogP contribution >= 0.6 is 0 Å². The van der Waals surface area contributed by atoms with Crippen LogP contribution in [0.2, 0.25) is 5.82 Å². The van der Waals surface area contributed by atoms with Crippen LogP contribution in [-0.2, 0) is 25.6 Å². The monoisotopic (exact) mass is 684 g/mol. The van der Waals surface area contributed by atoms with Crippen molar-refractivity contribution >= 4 is 25.7 Å². The van der Waals surface area contributed by atoms with E-state index in [1.807, 2.05) is 43.1 Å². The summed E-state index contributed by atoms with van der Waals surface area (Å²) < 4.78 is 28.4. The van der Waals surface area contributed by atoms with Gasteiger partial charge in [-0.2, -0.15) is 0 Å². The molecule has 0 saturated carbocycles. The van der Waals surface area contributed by atoms with E-state index in [9.17, 15) is 23.9 Å². The van der Waals surface area contributed by atoms with Gasteiger partial charge in [0.2, 0.25) is 0 Å². The number of nitrogens with one attached hydrogen (secondary N) is 1. The van der Waals surface area contributed by atoms with Crippen LogP contribution in [0.1, 0.15) is 81.1 Å². The van der Waals surface area contributed by atoms with E-state index in [2.05, 4.69) is 41.4 Å². The Morgan fingerprint density at radius 2 is 1.86 bits per heavy atom. The highest BCUT2D eigenvalue weighted by atomic mass is 19.1. The fraction of sp³-hybridized carbons (Fsp3) is 0.714. The number of nitrogens with zero attached hydrogens (tertiary/aromatic N) is 5. The summed E-state index contributed by atoms with van der Waals surface area (Å²) in [5, 5.41) is 21.3. The fourth-order valence-electron chi connectivity index (χ4n) is 6.96. The lowest BCUT2D eigenvalue weighted by molar-refractivity contribution is -0.158. The number of cyclic esters (lactones) is 1. The van der Waals surface area contributed by atoms with Crippen molar-refractivity contribution in [3.63, 3.8) is 0 Å². The maximum atomic E-state index is 14.7. The molecule has 2 aromatic heterocycles. The van der Waals surface area contributed by atoms with Gasteiger partial charge >= 0.3 is 12.1 Å². The highest BCUT2D eigenvalue weighted by Gasteiger charge is 2.55. The Bertz CT molecular complexity index is 1410. The number of aromatic nitrogens is 4. The molecule has 2 radical (unpaired) electrons. The highest BCUT2D eigenvalue weighted by molar-refractivity contribution is 6.17. The van der Waals surface area contributed by atoms with E-state index in [-0.39, 0.29) is 30.0 Å². The van der Waals surface area contributed by atoms with Gasteiger partial charge in [-0.3, -0.25) is 19.4 Å². The van der Waals surface area contributed by atoms with E-state index in [1.165, 1.54) is 14.0 Å². The van der Waals surface area contributed by atoms with E-state index < -0.39 is 40.4 Å². The Labute approximate surface area is 291 Å². The van der Waals surface area contributed by atoms with Gasteiger partial charge in [-0.15, -0.1) is 5.10 Å². The minimum atomic E-state index is -3.05. The number of methoxy groups -OCH3 is 1. The number of alkyl halides is 1. The summed E-state index contributed by atoms with van der Waals surface area (Å²) in [6.07, 6.45) is 6.03. The molecular weight excluding hydrogens is 630 g/mol. The maximum absolute atomic E-state index is 14.7. The second kappa shape index (κ2) is 16.5. The van der Waals surface area contributed by atoms with Crippen molar-refractivity contribution in [2.45, 2.75) is 122 Å². The van der Waals surface area contributed by atoms with Crippen LogP contribution < -0.4 is 5.32 Å². The lowest BCUT2D eigenvalue weighted by Crippen LogP contribution is -2.58. The predicted molar refractivity (Wildman–Crippen MR) is 185 cm³/mol. The molecule has 14 heteroatoms. The molecule has 2 aromatic rings. The largest absolute Gasteiger partial charge is 0.479 e. The zero-order valence-corrected chi connectivity index (χ0v) is 30.5. The lowest BCUT2D eigenvalue weighted by atomic mass is 9.62. The normalized spacial score (nSPS) is 23.5. The molecule has 2 N–H and O–H groups in total. The van der Waals surface area contributed by atoms with E-state index in [0.717, 1.165) is 31.9 Å². The number of aliphatic carboxylic acids is 1. The minimum absolute atomic E-state index is 0.0167. The van der Waals surface area contributed by atoms with Crippen molar-refractivity contribution in [2.75, 3.05) is 20.2 Å². The number of carbonyl (C=O) groups is 3. The van der Waals surface area contributed by atoms with Gasteiger partial charge in [-0.25, -0.2) is 14.0 Å². The van der Waals surface area contributed by atoms with E-state index in [0.29, 0.717) is 31.7 Å². The molecule has 3 rings (SSSR count). The summed E-state index contributed by atoms with van der Waals surface area (Å²) in [5.41, 5.74) is -3.34. The van der Waals surface area contributed by atoms with Crippen molar-refractivity contribution < 1.29 is 33.4 Å². The number of ether oxygens (including phenoxy) is 2. The molecule has 0 aliphatic carbocycles. The summed E-state index contributed by atoms with van der Waals surface area (Å²) in [6.45, 7) is 15.9. The first kappa shape index (κ1) is 40.0. The number of carboxylic acid groups (broad SMARTS) is 1. The summed E-state index contributed by atoms with van der Waals surface area (Å²) in [4.78, 5) is 43.6. The van der Waals surface area contributed by atoms with E-state index in [4.69, 9.17) is 17.3 Å². The van der Waals surface area contributed by atoms with Crippen LogP contribution in [0, 0.1) is 17.8 Å². The SMILES string of the molecule is [B][C@H]([C@H](C)C(=O)[C@](C)(F)C(=O)O)[C@@](C)(C[C@@H](C)CN[C@H](C)[C@H]1N(CCCCn2cc(-c3ccccn3)nn2)C(=O)O[C@]1(C)[C@H](C)CC)OC. The van der Waals surface area contributed by atoms with Gasteiger partial charge < -0.3 is 19.9 Å². The van der Waals surface area contributed by atoms with E-state index in [1.54, 1.807) is 17.8 Å². The Balaban J connectivity index is 1.64. The molecule has 0 bridgehead atoms. The first-order valence-corrected chi connectivity index (χ1v) is 17.2. The highest BCUT2D eigenvalue weighted by Crippen LogP contribution is 2.41. The summed E-state index contributed by atoms with van der Waals surface area (Å²) in [5.74, 6) is -4.91. The smallest absolute Gasteiger partial charge is 0.410 e. The Kier molecular flexibility index (Phi) is 13.5. The number of carbonyl (C=O) groups excluding carboxylic acids is 2. The molecule has 0 unspecified atom stereocenters. The molecule has 3 heterocycles. The standard InChI is InChI=1S/C35H54BFN6O6/c1-10-23(3)35(8)29(43(32(47)49-35)18-14-13-17-42-21-27(40-41-42)26-15-11-12-16-38-26)25(5)39-20-22(2)19-33(6,48-9)28(36)24(4)30(44)34(7,37)31(45)46/h11-12,15-16,21-25,28-29,39H,10,13-14,17-20H2,1-9H3,(H,45,46)/t22-,23-,24+,25-,28-,29-,33-,34+,35-/m1/s1. The number of rotatable bonds is 20. The molecule has 49 heavy (non-hydrogen) atoms. The van der Waals surface area contributed by atoms with Crippen molar-refractivity contribution in [2.24, 2.45) is 17.8 Å². The number of hydrogen-bond acceptors (Lipinski definition) is 9. The minimum Gasteiger partial charge on any atom is -0.479 e. The summed E-state index contributed by atoms with van der Waals surface area (Å²) in [6, 6.07) is 5.26. The number of carboxylic acids is 1. The average molecular weight is 685 g/mol. The van der Waals surface area contributed by atoms with Gasteiger partial charge in [0, 0.05) is 38.4 Å². The third kappa shape index (κ3) is 9.05. The first-order valence-electron chi connectivity index (χ1n) is 17.2. The van der Waals surface area contributed by atoms with Gasteiger partial charge in [0.1, 0.15) is 11.3 Å². The van der Waals surface area contributed by atoms with Crippen LogP contribution in [-0.4, -0.2) is 105 Å². The Morgan fingerprint density at radius 3 is 2.45 bits per heavy atom. The molecular formula is C35H54BFN6O6. The molecule has 270 valence electrons. The van der Waals surface area contributed by atoms with Gasteiger partial charge in [-0.05, 0) is 89.7 Å². The topological polar surface area (TPSA) is 149 Å². The molecule has 1 aliphatic heterocycles.